The molecule has 0 bridgehead atoms. The quantitative estimate of drug-likeness (QED) is 0.319. The number of carboxylic acid groups (broad SMARTS) is 1. The summed E-state index contributed by atoms with van der Waals surface area (Å²) < 4.78 is 34.1. The van der Waals surface area contributed by atoms with Crippen molar-refractivity contribution >= 4 is 63.4 Å². The number of imidazole rings is 1. The SMILES string of the molecule is CC(C)(C)C(=O)NCc1ccc(Cl)c(Nc2nc3cc(C(=O)O)c(N4CCOCC4)cc3n2CC(F)F)c1Cl. The van der Waals surface area contributed by atoms with E-state index in [0.717, 1.165) is 0 Å². The van der Waals surface area contributed by atoms with Crippen molar-refractivity contribution in [1.29, 1.82) is 0 Å². The number of morpholine rings is 1. The molecule has 2 heterocycles. The van der Waals surface area contributed by atoms with Gasteiger partial charge < -0.3 is 29.9 Å². The average Bonchev–Trinajstić information content (AvgIpc) is 3.20. The van der Waals surface area contributed by atoms with Gasteiger partial charge in [0.1, 0.15) is 0 Å². The number of aromatic carboxylic acids is 1. The Kier molecular flexibility index (Phi) is 8.53. The highest BCUT2D eigenvalue weighted by Gasteiger charge is 2.25. The molecule has 1 aliphatic heterocycles. The van der Waals surface area contributed by atoms with Crippen LogP contribution in [0.15, 0.2) is 24.3 Å². The molecule has 3 N–H and O–H groups in total. The maximum absolute atomic E-state index is 13.7. The Morgan fingerprint density at radius 2 is 1.87 bits per heavy atom. The number of fused-ring (bicyclic) bond motifs is 1. The summed E-state index contributed by atoms with van der Waals surface area (Å²) in [4.78, 5) is 30.7. The summed E-state index contributed by atoms with van der Waals surface area (Å²) >= 11 is 13.1. The maximum Gasteiger partial charge on any atom is 0.337 e. The van der Waals surface area contributed by atoms with Crippen molar-refractivity contribution in [2.45, 2.75) is 40.3 Å². The number of alkyl halides is 2. The number of anilines is 3. The van der Waals surface area contributed by atoms with Crippen molar-refractivity contribution in [3.8, 4) is 0 Å². The Hall–Kier alpha value is -3.15. The van der Waals surface area contributed by atoms with E-state index in [0.29, 0.717) is 43.1 Å². The normalized spacial score (nSPS) is 14.2. The van der Waals surface area contributed by atoms with Gasteiger partial charge in [-0.2, -0.15) is 0 Å². The van der Waals surface area contributed by atoms with Gasteiger partial charge in [-0.1, -0.05) is 50.0 Å². The van der Waals surface area contributed by atoms with Gasteiger partial charge in [-0.25, -0.2) is 18.6 Å². The number of nitrogens with zero attached hydrogens (tertiary/aromatic N) is 3. The molecule has 0 spiro atoms. The van der Waals surface area contributed by atoms with Gasteiger partial charge in [0.2, 0.25) is 11.9 Å². The molecule has 2 aromatic carbocycles. The third kappa shape index (κ3) is 6.37. The molecule has 1 aliphatic rings. The lowest BCUT2D eigenvalue weighted by molar-refractivity contribution is -0.128. The van der Waals surface area contributed by atoms with Gasteiger partial charge in [-0.05, 0) is 23.8 Å². The molecular formula is C26H29Cl2F2N5O4. The molecule has 0 atom stereocenters. The maximum atomic E-state index is 13.7. The van der Waals surface area contributed by atoms with E-state index in [4.69, 9.17) is 27.9 Å². The molecule has 9 nitrogen and oxygen atoms in total. The molecule has 210 valence electrons. The van der Waals surface area contributed by atoms with Crippen LogP contribution in [0.5, 0.6) is 0 Å². The van der Waals surface area contributed by atoms with Gasteiger partial charge >= 0.3 is 5.97 Å². The Bertz CT molecular complexity index is 1400. The Morgan fingerprint density at radius 1 is 1.18 bits per heavy atom. The average molecular weight is 584 g/mol. The van der Waals surface area contributed by atoms with Crippen LogP contribution in [0.1, 0.15) is 36.7 Å². The predicted molar refractivity (Wildman–Crippen MR) is 147 cm³/mol. The number of carbonyl (C=O) groups is 2. The number of hydrogen-bond donors (Lipinski definition) is 3. The number of halogens is 4. The van der Waals surface area contributed by atoms with E-state index in [1.165, 1.54) is 10.6 Å². The zero-order chi connectivity index (χ0) is 28.5. The van der Waals surface area contributed by atoms with Crippen LogP contribution in [0, 0.1) is 5.41 Å². The van der Waals surface area contributed by atoms with Gasteiger partial charge in [0.15, 0.2) is 0 Å². The first kappa shape index (κ1) is 28.8. The number of carbonyl (C=O) groups excluding carboxylic acids is 1. The Balaban J connectivity index is 1.76. The number of ether oxygens (including phenoxy) is 1. The minimum absolute atomic E-state index is 0.00491. The first-order valence-corrected chi connectivity index (χ1v) is 13.0. The van der Waals surface area contributed by atoms with Gasteiger partial charge in [-0.3, -0.25) is 4.79 Å². The fraction of sp³-hybridized carbons (Fsp3) is 0.423. The topological polar surface area (TPSA) is 109 Å². The number of carboxylic acids is 1. The number of benzene rings is 2. The van der Waals surface area contributed by atoms with Crippen LogP contribution in [0.4, 0.5) is 26.1 Å². The van der Waals surface area contributed by atoms with Crippen LogP contribution in [0.3, 0.4) is 0 Å². The monoisotopic (exact) mass is 583 g/mol. The fourth-order valence-corrected chi connectivity index (χ4v) is 4.75. The minimum atomic E-state index is -2.72. The summed E-state index contributed by atoms with van der Waals surface area (Å²) in [6.07, 6.45) is -2.72. The van der Waals surface area contributed by atoms with Crippen LogP contribution in [0.25, 0.3) is 11.0 Å². The Morgan fingerprint density at radius 3 is 2.49 bits per heavy atom. The number of amides is 1. The second-order valence-corrected chi connectivity index (χ2v) is 10.9. The van der Waals surface area contributed by atoms with E-state index in [2.05, 4.69) is 15.6 Å². The molecule has 3 aromatic rings. The second kappa shape index (κ2) is 11.5. The van der Waals surface area contributed by atoms with Crippen LogP contribution >= 0.6 is 23.2 Å². The first-order valence-electron chi connectivity index (χ1n) is 12.3. The molecule has 39 heavy (non-hydrogen) atoms. The zero-order valence-electron chi connectivity index (χ0n) is 21.7. The van der Waals surface area contributed by atoms with Crippen molar-refractivity contribution in [3.05, 3.63) is 45.4 Å². The third-order valence-corrected chi connectivity index (χ3v) is 7.04. The molecule has 1 amide bonds. The molecular weight excluding hydrogens is 555 g/mol. The summed E-state index contributed by atoms with van der Waals surface area (Å²) in [7, 11) is 0. The van der Waals surface area contributed by atoms with Crippen molar-refractivity contribution in [3.63, 3.8) is 0 Å². The second-order valence-electron chi connectivity index (χ2n) is 10.2. The van der Waals surface area contributed by atoms with Crippen molar-refractivity contribution in [1.82, 2.24) is 14.9 Å². The summed E-state index contributed by atoms with van der Waals surface area (Å²) in [5.74, 6) is -1.32. The van der Waals surface area contributed by atoms with Gasteiger partial charge in [0, 0.05) is 25.0 Å². The molecule has 4 rings (SSSR count). The summed E-state index contributed by atoms with van der Waals surface area (Å²) in [6.45, 7) is 6.54. The largest absolute Gasteiger partial charge is 0.478 e. The van der Waals surface area contributed by atoms with Crippen LogP contribution in [0.2, 0.25) is 10.0 Å². The highest BCUT2D eigenvalue weighted by atomic mass is 35.5. The number of nitrogens with one attached hydrogen (secondary N) is 2. The number of rotatable bonds is 8. The van der Waals surface area contributed by atoms with E-state index in [1.54, 1.807) is 39.0 Å². The van der Waals surface area contributed by atoms with Crippen molar-refractivity contribution < 1.29 is 28.2 Å². The molecule has 0 unspecified atom stereocenters. The number of hydrogen-bond acceptors (Lipinski definition) is 6. The Labute approximate surface area is 234 Å². The smallest absolute Gasteiger partial charge is 0.337 e. The lowest BCUT2D eigenvalue weighted by Gasteiger charge is -2.30. The molecule has 1 fully saturated rings. The molecule has 1 saturated heterocycles. The van der Waals surface area contributed by atoms with Gasteiger partial charge in [-0.15, -0.1) is 0 Å². The van der Waals surface area contributed by atoms with Crippen molar-refractivity contribution in [2.75, 3.05) is 36.5 Å². The molecule has 1 aromatic heterocycles. The van der Waals surface area contributed by atoms with Gasteiger partial charge in [0.05, 0.1) is 57.8 Å². The molecule has 0 saturated carbocycles. The predicted octanol–water partition coefficient (Wildman–Crippen LogP) is 5.55. The summed E-state index contributed by atoms with van der Waals surface area (Å²) in [6, 6.07) is 6.17. The van der Waals surface area contributed by atoms with Crippen LogP contribution in [-0.4, -0.2) is 59.3 Å². The molecule has 0 radical (unpaired) electrons. The lowest BCUT2D eigenvalue weighted by Crippen LogP contribution is -2.37. The van der Waals surface area contributed by atoms with E-state index in [1.807, 2.05) is 4.90 Å². The number of aromatic nitrogens is 2. The first-order chi connectivity index (χ1) is 18.4. The lowest BCUT2D eigenvalue weighted by atomic mass is 9.95. The van der Waals surface area contributed by atoms with Crippen LogP contribution in [-0.2, 0) is 22.6 Å². The fourth-order valence-electron chi connectivity index (χ4n) is 4.21. The molecule has 0 aliphatic carbocycles. The highest BCUT2D eigenvalue weighted by Crippen LogP contribution is 2.37. The van der Waals surface area contributed by atoms with Crippen LogP contribution < -0.4 is 15.5 Å². The minimum Gasteiger partial charge on any atom is -0.478 e. The zero-order valence-corrected chi connectivity index (χ0v) is 23.2. The van der Waals surface area contributed by atoms with E-state index < -0.39 is 24.4 Å². The van der Waals surface area contributed by atoms with E-state index in [-0.39, 0.29) is 45.2 Å². The van der Waals surface area contributed by atoms with Gasteiger partial charge in [0.25, 0.3) is 6.43 Å². The highest BCUT2D eigenvalue weighted by molar-refractivity contribution is 6.39. The van der Waals surface area contributed by atoms with E-state index in [9.17, 15) is 23.5 Å². The van der Waals surface area contributed by atoms with Crippen molar-refractivity contribution in [2.24, 2.45) is 5.41 Å². The summed E-state index contributed by atoms with van der Waals surface area (Å²) in [5.41, 5.74) is 1.12. The third-order valence-electron chi connectivity index (χ3n) is 6.30. The standard InChI is InChI=1S/C26H29Cl2F2N5O4/c1-26(2,3)24(38)31-12-14-4-5-16(27)22(21(14)28)33-25-32-17-10-15(23(36)37)18(34-6-8-39-9-7-34)11-19(17)35(25)13-20(29)30/h4-5,10-11,20H,6-9,12-13H2,1-3H3,(H,31,38)(H,32,33)(H,36,37). The van der Waals surface area contributed by atoms with E-state index >= 15 is 0 Å². The summed E-state index contributed by atoms with van der Waals surface area (Å²) in [5, 5.41) is 16.1. The molecule has 13 heteroatoms.